The van der Waals surface area contributed by atoms with Crippen molar-refractivity contribution in [2.24, 2.45) is 17.8 Å². The van der Waals surface area contributed by atoms with Crippen LogP contribution in [0.15, 0.2) is 48.6 Å². The first-order valence-corrected chi connectivity index (χ1v) is 14.7. The molecule has 0 unspecified atom stereocenters. The molecule has 0 aliphatic heterocycles. The highest BCUT2D eigenvalue weighted by Crippen LogP contribution is 2.42. The van der Waals surface area contributed by atoms with Crippen molar-refractivity contribution in [3.05, 3.63) is 77.1 Å². The monoisotopic (exact) mass is 548 g/mol. The predicted octanol–water partition coefficient (Wildman–Crippen LogP) is 10.5. The second-order valence-corrected chi connectivity index (χ2v) is 11.5. The van der Waals surface area contributed by atoms with E-state index in [1.807, 2.05) is 0 Å². The molecule has 0 bridgehead atoms. The number of ether oxygens (including phenoxy) is 1. The van der Waals surface area contributed by atoms with Crippen molar-refractivity contribution in [2.45, 2.75) is 102 Å². The van der Waals surface area contributed by atoms with Gasteiger partial charge in [0.15, 0.2) is 17.5 Å². The Morgan fingerprint density at radius 3 is 1.90 bits per heavy atom. The number of hydrogen-bond donors (Lipinski definition) is 0. The number of rotatable bonds is 11. The Balaban J connectivity index is 1.19. The van der Waals surface area contributed by atoms with Gasteiger partial charge in [0.25, 0.3) is 0 Å². The fraction of sp³-hybridized carbons (Fsp3) is 0.576. The zero-order valence-electron chi connectivity index (χ0n) is 22.9. The fourth-order valence-electron chi connectivity index (χ4n) is 6.15. The van der Waals surface area contributed by atoms with Crippen molar-refractivity contribution in [1.29, 1.82) is 0 Å². The molecule has 2 aromatic carbocycles. The number of benzene rings is 2. The van der Waals surface area contributed by atoms with Crippen molar-refractivity contribution < 1.29 is 26.7 Å². The molecule has 2 aliphatic rings. The Bertz CT molecular complexity index is 1040. The molecule has 0 atom stereocenters. The molecule has 1 nitrogen and oxygen atoms in total. The molecule has 2 aliphatic carbocycles. The average molecular weight is 549 g/mol. The normalized spacial score (nSPS) is 24.3. The molecule has 6 heteroatoms. The van der Waals surface area contributed by atoms with E-state index in [-0.39, 0.29) is 18.8 Å². The summed E-state index contributed by atoms with van der Waals surface area (Å²) in [5.74, 6) is -5.14. The van der Waals surface area contributed by atoms with Crippen LogP contribution in [0.1, 0.15) is 101 Å². The van der Waals surface area contributed by atoms with Crippen LogP contribution in [0.4, 0.5) is 22.0 Å². The van der Waals surface area contributed by atoms with E-state index in [1.165, 1.54) is 56.1 Å². The quantitative estimate of drug-likeness (QED) is 0.117. The summed E-state index contributed by atoms with van der Waals surface area (Å²) in [5.41, 5.74) is 2.88. The Labute approximate surface area is 229 Å². The Hall–Kier alpha value is -2.37. The smallest absolute Gasteiger partial charge is 0.400 e. The van der Waals surface area contributed by atoms with Crippen molar-refractivity contribution in [1.82, 2.24) is 0 Å². The van der Waals surface area contributed by atoms with Crippen LogP contribution in [0.25, 0.3) is 0 Å². The Morgan fingerprint density at radius 1 is 0.769 bits per heavy atom. The third-order valence-corrected chi connectivity index (χ3v) is 8.66. The third-order valence-electron chi connectivity index (χ3n) is 8.66. The van der Waals surface area contributed by atoms with Crippen molar-refractivity contribution in [3.63, 3.8) is 0 Å². The first kappa shape index (κ1) is 29.6. The van der Waals surface area contributed by atoms with Gasteiger partial charge < -0.3 is 4.74 Å². The summed E-state index contributed by atoms with van der Waals surface area (Å²) in [6.07, 6.45) is 13.6. The van der Waals surface area contributed by atoms with Gasteiger partial charge >= 0.3 is 6.11 Å². The van der Waals surface area contributed by atoms with E-state index in [4.69, 9.17) is 0 Å². The van der Waals surface area contributed by atoms with Gasteiger partial charge in [-0.2, -0.15) is 8.78 Å². The van der Waals surface area contributed by atoms with Crippen LogP contribution in [-0.2, 0) is 6.42 Å². The second-order valence-electron chi connectivity index (χ2n) is 11.5. The van der Waals surface area contributed by atoms with Crippen molar-refractivity contribution >= 4 is 0 Å². The minimum atomic E-state index is -3.57. The van der Waals surface area contributed by atoms with Crippen LogP contribution < -0.4 is 4.74 Å². The molecule has 4 rings (SSSR count). The lowest BCUT2D eigenvalue weighted by molar-refractivity contribution is -0.223. The van der Waals surface area contributed by atoms with Gasteiger partial charge in [-0.05, 0) is 93.1 Å². The average Bonchev–Trinajstić information content (AvgIpc) is 2.93. The fourth-order valence-corrected chi connectivity index (χ4v) is 6.15. The lowest BCUT2D eigenvalue weighted by Crippen LogP contribution is -2.37. The maximum absolute atomic E-state index is 14.7. The van der Waals surface area contributed by atoms with E-state index in [0.717, 1.165) is 12.8 Å². The predicted molar refractivity (Wildman–Crippen MR) is 145 cm³/mol. The Morgan fingerprint density at radius 2 is 1.33 bits per heavy atom. The van der Waals surface area contributed by atoms with Crippen molar-refractivity contribution in [2.75, 3.05) is 0 Å². The second kappa shape index (κ2) is 13.8. The molecule has 0 radical (unpaired) electrons. The summed E-state index contributed by atoms with van der Waals surface area (Å²) in [6, 6.07) is 10.1. The molecular weight excluding hydrogens is 507 g/mol. The van der Waals surface area contributed by atoms with Crippen molar-refractivity contribution in [3.8, 4) is 5.75 Å². The molecule has 0 amide bonds. The first-order chi connectivity index (χ1) is 18.7. The summed E-state index contributed by atoms with van der Waals surface area (Å²) in [4.78, 5) is 0. The molecule has 39 heavy (non-hydrogen) atoms. The van der Waals surface area contributed by atoms with Gasteiger partial charge in [0.05, 0.1) is 5.92 Å². The Kier molecular flexibility index (Phi) is 10.5. The van der Waals surface area contributed by atoms with Crippen LogP contribution in [0.3, 0.4) is 0 Å². The van der Waals surface area contributed by atoms with Crippen LogP contribution in [0.5, 0.6) is 5.75 Å². The largest absolute Gasteiger partial charge is 0.432 e. The zero-order valence-corrected chi connectivity index (χ0v) is 22.9. The molecule has 2 saturated carbocycles. The maximum atomic E-state index is 14.7. The first-order valence-electron chi connectivity index (χ1n) is 14.7. The van der Waals surface area contributed by atoms with E-state index < -0.39 is 35.2 Å². The molecule has 214 valence electrons. The number of aryl methyl sites for hydroxylation is 1. The SMILES string of the molecule is CCCCCCc1ccc(C2CCC(/C=C/C3CCC(C(F)(F)Oc4cc(F)c(F)c(F)c4)CC3)CC2)cc1. The van der Waals surface area contributed by atoms with E-state index in [2.05, 4.69) is 48.1 Å². The highest BCUT2D eigenvalue weighted by Gasteiger charge is 2.44. The summed E-state index contributed by atoms with van der Waals surface area (Å²) in [5, 5.41) is 0. The van der Waals surface area contributed by atoms with Crippen LogP contribution in [0.2, 0.25) is 0 Å². The number of allylic oxidation sites excluding steroid dienone is 2. The molecule has 2 aromatic rings. The van der Waals surface area contributed by atoms with Gasteiger partial charge in [0.2, 0.25) is 0 Å². The summed E-state index contributed by atoms with van der Waals surface area (Å²) in [6.45, 7) is 2.24. The lowest BCUT2D eigenvalue weighted by atomic mass is 9.77. The summed E-state index contributed by atoms with van der Waals surface area (Å²) < 4.78 is 73.8. The molecule has 0 spiro atoms. The van der Waals surface area contributed by atoms with Crippen LogP contribution in [-0.4, -0.2) is 6.11 Å². The molecule has 0 saturated heterocycles. The number of halogens is 5. The molecule has 2 fully saturated rings. The minimum absolute atomic E-state index is 0.250. The topological polar surface area (TPSA) is 9.23 Å². The summed E-state index contributed by atoms with van der Waals surface area (Å²) in [7, 11) is 0. The lowest BCUT2D eigenvalue weighted by Gasteiger charge is -2.32. The molecular formula is C33H41F5O. The van der Waals surface area contributed by atoms with E-state index in [0.29, 0.717) is 36.8 Å². The van der Waals surface area contributed by atoms with Crippen LogP contribution in [0, 0.1) is 35.2 Å². The van der Waals surface area contributed by atoms with Gasteiger partial charge in [0.1, 0.15) is 5.75 Å². The highest BCUT2D eigenvalue weighted by molar-refractivity contribution is 5.27. The maximum Gasteiger partial charge on any atom is 0.400 e. The third kappa shape index (κ3) is 8.31. The minimum Gasteiger partial charge on any atom is -0.432 e. The van der Waals surface area contributed by atoms with Crippen LogP contribution >= 0.6 is 0 Å². The zero-order chi connectivity index (χ0) is 27.8. The van der Waals surface area contributed by atoms with Gasteiger partial charge in [-0.15, -0.1) is 0 Å². The van der Waals surface area contributed by atoms with Gasteiger partial charge in [0, 0.05) is 12.1 Å². The number of alkyl halides is 2. The number of hydrogen-bond acceptors (Lipinski definition) is 1. The molecule has 0 N–H and O–H groups in total. The number of unbranched alkanes of at least 4 members (excludes halogenated alkanes) is 3. The van der Waals surface area contributed by atoms with E-state index in [9.17, 15) is 22.0 Å². The van der Waals surface area contributed by atoms with Gasteiger partial charge in [-0.1, -0.05) is 62.6 Å². The highest BCUT2D eigenvalue weighted by atomic mass is 19.3. The molecule has 0 heterocycles. The standard InChI is InChI=1S/C33H41F5O/c1-2-3-4-5-6-23-9-15-26(16-10-23)27-17-11-24(12-18-27)7-8-25-13-19-28(20-14-25)33(37,38)39-29-21-30(34)32(36)31(35)22-29/h7-10,15-16,21-22,24-25,27-28H,2-6,11-14,17-20H2,1H3/b8-7+. The van der Waals surface area contributed by atoms with E-state index >= 15 is 0 Å². The summed E-state index contributed by atoms with van der Waals surface area (Å²) >= 11 is 0. The van der Waals surface area contributed by atoms with Gasteiger partial charge in [-0.25, -0.2) is 13.2 Å². The van der Waals surface area contributed by atoms with E-state index in [1.54, 1.807) is 0 Å². The molecule has 0 aromatic heterocycles. The van der Waals surface area contributed by atoms with Gasteiger partial charge in [-0.3, -0.25) is 0 Å².